The Bertz CT molecular complexity index is 1280. The minimum atomic E-state index is -2.89. The molecule has 2 aromatic rings. The number of nitrogens with two attached hydrogens (primary N) is 1. The van der Waals surface area contributed by atoms with Gasteiger partial charge in [0.15, 0.2) is 0 Å². The molecule has 3 amide bonds. The maximum absolute atomic E-state index is 15.5. The Kier molecular flexibility index (Phi) is 8.15. The van der Waals surface area contributed by atoms with Crippen LogP contribution in [0.1, 0.15) is 30.6 Å². The molecular weight excluding hydrogens is 518 g/mol. The Balaban J connectivity index is 1.76. The lowest BCUT2D eigenvalue weighted by Crippen LogP contribution is -2.55. The molecule has 4 N–H and O–H groups in total. The average Bonchev–Trinajstić information content (AvgIpc) is 2.87. The van der Waals surface area contributed by atoms with Gasteiger partial charge in [-0.15, -0.1) is 0 Å². The van der Waals surface area contributed by atoms with Gasteiger partial charge in [-0.05, 0) is 50.7 Å². The number of carbonyl (C=O) groups is 3. The number of amides is 3. The van der Waals surface area contributed by atoms with E-state index in [0.717, 1.165) is 12.1 Å². The maximum atomic E-state index is 15.5. The van der Waals surface area contributed by atoms with Gasteiger partial charge in [0, 0.05) is 49.6 Å². The lowest BCUT2D eigenvalue weighted by Gasteiger charge is -2.44. The molecule has 2 unspecified atom stereocenters. The second kappa shape index (κ2) is 11.2. The van der Waals surface area contributed by atoms with Crippen LogP contribution < -0.4 is 21.3 Å². The number of rotatable bonds is 6. The van der Waals surface area contributed by atoms with Crippen LogP contribution in [0.15, 0.2) is 30.3 Å². The van der Waals surface area contributed by atoms with Crippen molar-refractivity contribution in [3.8, 4) is 11.1 Å². The predicted molar refractivity (Wildman–Crippen MR) is 138 cm³/mol. The fourth-order valence-corrected chi connectivity index (χ4v) is 5.21. The van der Waals surface area contributed by atoms with E-state index >= 15 is 4.39 Å². The van der Waals surface area contributed by atoms with E-state index < -0.39 is 54.0 Å². The highest BCUT2D eigenvalue weighted by molar-refractivity contribution is 5.98. The van der Waals surface area contributed by atoms with Crippen LogP contribution in [0.25, 0.3) is 11.1 Å². The molecule has 2 aliphatic rings. The summed E-state index contributed by atoms with van der Waals surface area (Å²) < 4.78 is 57.4. The molecule has 210 valence electrons. The summed E-state index contributed by atoms with van der Waals surface area (Å²) in [6.45, 7) is 4.76. The van der Waals surface area contributed by atoms with Gasteiger partial charge in [-0.3, -0.25) is 19.3 Å². The number of carbonyl (C=O) groups excluding carboxylic acids is 3. The van der Waals surface area contributed by atoms with Crippen LogP contribution in [0.2, 0.25) is 0 Å². The first kappa shape index (κ1) is 28.3. The third kappa shape index (κ3) is 5.85. The molecule has 0 radical (unpaired) electrons. The van der Waals surface area contributed by atoms with Crippen molar-refractivity contribution in [3.05, 3.63) is 47.5 Å². The molecule has 0 aliphatic carbocycles. The molecule has 8 nitrogen and oxygen atoms in total. The lowest BCUT2D eigenvalue weighted by atomic mass is 9.85. The van der Waals surface area contributed by atoms with Gasteiger partial charge in [0.2, 0.25) is 18.2 Å². The molecule has 2 heterocycles. The Morgan fingerprint density at radius 3 is 2.33 bits per heavy atom. The smallest absolute Gasteiger partial charge is 0.251 e. The molecule has 2 aliphatic heterocycles. The van der Waals surface area contributed by atoms with Crippen LogP contribution in [0.3, 0.4) is 0 Å². The molecule has 4 rings (SSSR count). The van der Waals surface area contributed by atoms with E-state index in [1.807, 2.05) is 25.8 Å². The van der Waals surface area contributed by atoms with Crippen LogP contribution in [0.5, 0.6) is 0 Å². The van der Waals surface area contributed by atoms with Gasteiger partial charge in [0.1, 0.15) is 11.6 Å². The monoisotopic (exact) mass is 549 g/mol. The molecule has 39 heavy (non-hydrogen) atoms. The largest absolute Gasteiger partial charge is 0.367 e. The molecular formula is C27H31F4N5O3. The van der Waals surface area contributed by atoms with Gasteiger partial charge in [-0.1, -0.05) is 6.07 Å². The summed E-state index contributed by atoms with van der Waals surface area (Å²) in [6, 6.07) is 6.17. The first-order valence-corrected chi connectivity index (χ1v) is 12.6. The molecule has 4 atom stereocenters. The van der Waals surface area contributed by atoms with Crippen LogP contribution in [0, 0.1) is 23.5 Å². The van der Waals surface area contributed by atoms with Crippen molar-refractivity contribution in [1.29, 1.82) is 0 Å². The lowest BCUT2D eigenvalue weighted by molar-refractivity contribution is -0.133. The van der Waals surface area contributed by atoms with Crippen LogP contribution in [-0.2, 0) is 9.59 Å². The summed E-state index contributed by atoms with van der Waals surface area (Å²) in [5.41, 5.74) is 5.34. The van der Waals surface area contributed by atoms with Crippen molar-refractivity contribution in [2.24, 2.45) is 17.6 Å². The van der Waals surface area contributed by atoms with Crippen molar-refractivity contribution in [2.75, 3.05) is 36.9 Å². The van der Waals surface area contributed by atoms with Gasteiger partial charge in [-0.2, -0.15) is 0 Å². The van der Waals surface area contributed by atoms with Crippen molar-refractivity contribution in [2.45, 2.75) is 38.8 Å². The predicted octanol–water partition coefficient (Wildman–Crippen LogP) is 3.22. The number of piperazine rings is 1. The fourth-order valence-electron chi connectivity index (χ4n) is 5.21. The summed E-state index contributed by atoms with van der Waals surface area (Å²) in [7, 11) is 1.98. The zero-order valence-corrected chi connectivity index (χ0v) is 21.8. The fraction of sp³-hybridized carbons (Fsp3) is 0.444. The molecule has 2 saturated heterocycles. The number of hydrogen-bond donors (Lipinski definition) is 3. The number of piperidine rings is 1. The zero-order valence-electron chi connectivity index (χ0n) is 21.8. The van der Waals surface area contributed by atoms with Gasteiger partial charge in [0.05, 0.1) is 22.9 Å². The number of likely N-dealkylation sites (N-methyl/N-ethyl adjacent to an activating group) is 1. The molecule has 0 spiro atoms. The second-order valence-corrected chi connectivity index (χ2v) is 10.3. The van der Waals surface area contributed by atoms with Crippen LogP contribution >= 0.6 is 0 Å². The third-order valence-corrected chi connectivity index (χ3v) is 7.71. The van der Waals surface area contributed by atoms with Crippen molar-refractivity contribution >= 4 is 29.1 Å². The minimum Gasteiger partial charge on any atom is -0.367 e. The van der Waals surface area contributed by atoms with Crippen LogP contribution in [-0.4, -0.2) is 67.8 Å². The summed E-state index contributed by atoms with van der Waals surface area (Å²) in [6.07, 6.45) is -3.38. The number of primary amides is 1. The number of nitrogens with one attached hydrogen (secondary N) is 2. The van der Waals surface area contributed by atoms with E-state index in [0.29, 0.717) is 18.8 Å². The maximum Gasteiger partial charge on any atom is 0.251 e. The zero-order chi connectivity index (χ0) is 28.6. The van der Waals surface area contributed by atoms with Gasteiger partial charge in [-0.25, -0.2) is 17.6 Å². The Hall–Kier alpha value is -3.67. The van der Waals surface area contributed by atoms with E-state index in [9.17, 15) is 27.6 Å². The van der Waals surface area contributed by atoms with Crippen molar-refractivity contribution < 1.29 is 31.9 Å². The van der Waals surface area contributed by atoms with E-state index in [1.165, 1.54) is 18.2 Å². The molecule has 0 aromatic heterocycles. The molecule has 0 bridgehead atoms. The Morgan fingerprint density at radius 1 is 1.08 bits per heavy atom. The molecule has 2 aromatic carbocycles. The normalized spacial score (nSPS) is 24.0. The third-order valence-electron chi connectivity index (χ3n) is 7.71. The Morgan fingerprint density at radius 2 is 1.74 bits per heavy atom. The summed E-state index contributed by atoms with van der Waals surface area (Å²) in [4.78, 5) is 40.5. The quantitative estimate of drug-likeness (QED) is 0.480. The number of nitrogens with zero attached hydrogens (tertiary/aromatic N) is 2. The van der Waals surface area contributed by atoms with Crippen molar-refractivity contribution in [1.82, 2.24) is 10.2 Å². The SMILES string of the molecule is C[C@@H]1CN(c2cc(F)c(-c3ccc(C(N)=O)c(F)c3)cc2NC(=O)C2CNC(=O)CC2C(F)F)C[C@H](C)N1C. The minimum absolute atomic E-state index is 0.0680. The van der Waals surface area contributed by atoms with Gasteiger partial charge < -0.3 is 21.3 Å². The number of alkyl halides is 2. The average molecular weight is 550 g/mol. The number of halogens is 4. The summed E-state index contributed by atoms with van der Waals surface area (Å²) in [5, 5.41) is 5.14. The van der Waals surface area contributed by atoms with Gasteiger partial charge >= 0.3 is 0 Å². The second-order valence-electron chi connectivity index (χ2n) is 10.3. The molecule has 0 saturated carbocycles. The van der Waals surface area contributed by atoms with E-state index in [4.69, 9.17) is 5.73 Å². The Labute approximate surface area is 223 Å². The summed E-state index contributed by atoms with van der Waals surface area (Å²) >= 11 is 0. The van der Waals surface area contributed by atoms with Gasteiger partial charge in [0.25, 0.3) is 5.91 Å². The van der Waals surface area contributed by atoms with E-state index in [1.54, 1.807) is 0 Å². The number of hydrogen-bond acceptors (Lipinski definition) is 5. The topological polar surface area (TPSA) is 108 Å². The molecule has 12 heteroatoms. The van der Waals surface area contributed by atoms with Crippen LogP contribution in [0.4, 0.5) is 28.9 Å². The standard InChI is InChI=1S/C27H31F4N5O3/c1-13-11-36(12-14(2)35(13)3)23-9-21(29)17(15-4-5-16(26(32)38)20(28)6-15)7-22(23)34-27(39)19-10-33-24(37)8-18(19)25(30)31/h4-7,9,13-14,18-19,25H,8,10-12H2,1-3H3,(H2,32,38)(H,33,37)(H,34,39)/t13-,14+,18?,19?. The number of anilines is 2. The van der Waals surface area contributed by atoms with Crippen molar-refractivity contribution in [3.63, 3.8) is 0 Å². The molecule has 2 fully saturated rings. The summed E-state index contributed by atoms with van der Waals surface area (Å²) in [5.74, 6) is -6.60. The van der Waals surface area contributed by atoms with E-state index in [-0.39, 0.29) is 41.0 Å². The number of benzene rings is 2. The highest BCUT2D eigenvalue weighted by atomic mass is 19.3. The van der Waals surface area contributed by atoms with E-state index in [2.05, 4.69) is 15.5 Å². The highest BCUT2D eigenvalue weighted by Crippen LogP contribution is 2.37. The first-order valence-electron chi connectivity index (χ1n) is 12.6. The highest BCUT2D eigenvalue weighted by Gasteiger charge is 2.40. The first-order chi connectivity index (χ1) is 18.4.